The second-order valence-electron chi connectivity index (χ2n) is 5.60. The first-order valence-electron chi connectivity index (χ1n) is 7.26. The molecule has 2 saturated heterocycles. The zero-order valence-electron chi connectivity index (χ0n) is 11.9. The maximum absolute atomic E-state index is 6.05. The number of anilines is 1. The quantitative estimate of drug-likeness (QED) is 0.726. The standard InChI is InChI=1S/C15H20Br2N3O/c16-12-9-11(10-13(17)14(12)18)15(1-3-19-4-2-15)20-5-7-21-8-6-20/h3,9-10,19H,1-2,4-8,18H2/t15-/m0/s1. The Morgan fingerprint density at radius 2 is 1.86 bits per heavy atom. The van der Waals surface area contributed by atoms with Crippen LogP contribution in [0.2, 0.25) is 0 Å². The summed E-state index contributed by atoms with van der Waals surface area (Å²) in [7, 11) is 0. The van der Waals surface area contributed by atoms with Crippen LogP contribution in [-0.2, 0) is 10.3 Å². The summed E-state index contributed by atoms with van der Waals surface area (Å²) in [5.74, 6) is 0. The molecule has 0 unspecified atom stereocenters. The number of nitrogens with zero attached hydrogens (tertiary/aromatic N) is 1. The van der Waals surface area contributed by atoms with Crippen molar-refractivity contribution in [2.24, 2.45) is 0 Å². The van der Waals surface area contributed by atoms with Crippen molar-refractivity contribution in [3.63, 3.8) is 0 Å². The predicted octanol–water partition coefficient (Wildman–Crippen LogP) is 2.87. The number of benzene rings is 1. The van der Waals surface area contributed by atoms with Crippen molar-refractivity contribution in [1.29, 1.82) is 0 Å². The predicted molar refractivity (Wildman–Crippen MR) is 91.9 cm³/mol. The third-order valence-corrected chi connectivity index (χ3v) is 5.81. The minimum absolute atomic E-state index is 0.0355. The van der Waals surface area contributed by atoms with Crippen LogP contribution in [0.1, 0.15) is 18.4 Å². The number of nitrogens with one attached hydrogen (secondary N) is 1. The molecule has 0 spiro atoms. The van der Waals surface area contributed by atoms with Crippen LogP contribution in [0, 0.1) is 6.54 Å². The van der Waals surface area contributed by atoms with Crippen LogP contribution < -0.4 is 11.1 Å². The molecule has 1 aromatic rings. The number of nitrogens with two attached hydrogens (primary N) is 1. The van der Waals surface area contributed by atoms with Gasteiger partial charge in [0.1, 0.15) is 0 Å². The van der Waals surface area contributed by atoms with Crippen molar-refractivity contribution in [3.05, 3.63) is 33.2 Å². The minimum atomic E-state index is 0.0355. The molecule has 1 aromatic carbocycles. The molecule has 0 bridgehead atoms. The lowest BCUT2D eigenvalue weighted by molar-refractivity contribution is -0.0339. The Kier molecular flexibility index (Phi) is 4.90. The maximum Gasteiger partial charge on any atom is 0.0603 e. The highest BCUT2D eigenvalue weighted by atomic mass is 79.9. The molecule has 1 atom stereocenters. The Balaban J connectivity index is 2.02. The molecule has 0 saturated carbocycles. The summed E-state index contributed by atoms with van der Waals surface area (Å²) in [5.41, 5.74) is 8.16. The molecule has 0 aromatic heterocycles. The number of hydrogen-bond acceptors (Lipinski definition) is 4. The maximum atomic E-state index is 6.05. The summed E-state index contributed by atoms with van der Waals surface area (Å²) in [4.78, 5) is 2.57. The highest BCUT2D eigenvalue weighted by Crippen LogP contribution is 2.42. The fourth-order valence-corrected chi connectivity index (χ4v) is 4.49. The molecule has 6 heteroatoms. The number of ether oxygens (including phenoxy) is 1. The van der Waals surface area contributed by atoms with Crippen LogP contribution in [0.15, 0.2) is 21.1 Å². The average molecular weight is 418 g/mol. The molecule has 2 aliphatic heterocycles. The van der Waals surface area contributed by atoms with Gasteiger partial charge in [-0.05, 0) is 68.9 Å². The topological polar surface area (TPSA) is 50.5 Å². The number of halogens is 2. The van der Waals surface area contributed by atoms with Crippen molar-refractivity contribution in [1.82, 2.24) is 10.2 Å². The van der Waals surface area contributed by atoms with E-state index in [9.17, 15) is 0 Å². The number of nitrogen functional groups attached to an aromatic ring is 1. The molecule has 3 N–H and O–H groups in total. The Morgan fingerprint density at radius 3 is 2.43 bits per heavy atom. The normalized spacial score (nSPS) is 23.1. The largest absolute Gasteiger partial charge is 0.397 e. The highest BCUT2D eigenvalue weighted by Gasteiger charge is 2.40. The molecular formula is C15H20Br2N3O. The van der Waals surface area contributed by atoms with Crippen LogP contribution in [-0.4, -0.2) is 37.7 Å². The molecule has 0 aliphatic carbocycles. The lowest BCUT2D eigenvalue weighted by Gasteiger charge is -2.48. The zero-order chi connectivity index (χ0) is 14.9. The molecule has 115 valence electrons. The first-order valence-corrected chi connectivity index (χ1v) is 8.85. The van der Waals surface area contributed by atoms with E-state index in [-0.39, 0.29) is 5.54 Å². The van der Waals surface area contributed by atoms with E-state index in [1.807, 2.05) is 0 Å². The fourth-order valence-electron chi connectivity index (χ4n) is 3.30. The van der Waals surface area contributed by atoms with Gasteiger partial charge in [0, 0.05) is 34.1 Å². The van der Waals surface area contributed by atoms with Gasteiger partial charge in [0.05, 0.1) is 18.9 Å². The van der Waals surface area contributed by atoms with Gasteiger partial charge in [-0.25, -0.2) is 0 Å². The SMILES string of the molecule is Nc1c(Br)cc([C@]2(N3CCOCC3)C[CH]NCC2)cc1Br. The Labute approximate surface area is 142 Å². The molecule has 1 radical (unpaired) electrons. The van der Waals surface area contributed by atoms with Gasteiger partial charge in [0.25, 0.3) is 0 Å². The van der Waals surface area contributed by atoms with Crippen LogP contribution in [0.25, 0.3) is 0 Å². The molecule has 0 amide bonds. The van der Waals surface area contributed by atoms with E-state index >= 15 is 0 Å². The Bertz CT molecular complexity index is 489. The van der Waals surface area contributed by atoms with Crippen molar-refractivity contribution >= 4 is 37.5 Å². The lowest BCUT2D eigenvalue weighted by atomic mass is 9.79. The van der Waals surface area contributed by atoms with Crippen LogP contribution in [0.3, 0.4) is 0 Å². The summed E-state index contributed by atoms with van der Waals surface area (Å²) in [6, 6.07) is 4.35. The molecule has 2 heterocycles. The van der Waals surface area contributed by atoms with Gasteiger partial charge in [-0.1, -0.05) is 0 Å². The summed E-state index contributed by atoms with van der Waals surface area (Å²) < 4.78 is 7.44. The molecule has 21 heavy (non-hydrogen) atoms. The van der Waals surface area contributed by atoms with Gasteiger partial charge in [-0.3, -0.25) is 4.90 Å². The summed E-state index contributed by atoms with van der Waals surface area (Å²) >= 11 is 7.18. The first-order chi connectivity index (χ1) is 10.1. The number of piperidine rings is 1. The number of morpholine rings is 1. The first kappa shape index (κ1) is 15.7. The second kappa shape index (κ2) is 6.54. The summed E-state index contributed by atoms with van der Waals surface area (Å²) in [6.07, 6.45) is 2.09. The van der Waals surface area contributed by atoms with Crippen LogP contribution >= 0.6 is 31.9 Å². The van der Waals surface area contributed by atoms with Crippen LogP contribution in [0.4, 0.5) is 5.69 Å². The van der Waals surface area contributed by atoms with Crippen molar-refractivity contribution < 1.29 is 4.74 Å². The molecular weight excluding hydrogens is 398 g/mol. The third kappa shape index (κ3) is 3.01. The molecule has 2 fully saturated rings. The minimum Gasteiger partial charge on any atom is -0.397 e. The van der Waals surface area contributed by atoms with Gasteiger partial charge in [0.2, 0.25) is 0 Å². The summed E-state index contributed by atoms with van der Waals surface area (Å²) in [5, 5.41) is 3.36. The van der Waals surface area contributed by atoms with E-state index in [0.29, 0.717) is 0 Å². The van der Waals surface area contributed by atoms with Crippen molar-refractivity contribution in [3.8, 4) is 0 Å². The van der Waals surface area contributed by atoms with Crippen molar-refractivity contribution in [2.75, 3.05) is 38.6 Å². The van der Waals surface area contributed by atoms with Gasteiger partial charge in [-0.15, -0.1) is 0 Å². The van der Waals surface area contributed by atoms with Gasteiger partial charge in [0.15, 0.2) is 0 Å². The monoisotopic (exact) mass is 416 g/mol. The van der Waals surface area contributed by atoms with E-state index in [1.54, 1.807) is 0 Å². The average Bonchev–Trinajstić information content (AvgIpc) is 2.53. The van der Waals surface area contributed by atoms with Gasteiger partial charge in [-0.2, -0.15) is 0 Å². The van der Waals surface area contributed by atoms with E-state index in [0.717, 1.165) is 60.3 Å². The van der Waals surface area contributed by atoms with Crippen molar-refractivity contribution in [2.45, 2.75) is 18.4 Å². The number of rotatable bonds is 2. The Hall–Kier alpha value is -0.140. The van der Waals surface area contributed by atoms with E-state index in [2.05, 4.69) is 60.8 Å². The second-order valence-corrected chi connectivity index (χ2v) is 7.31. The zero-order valence-corrected chi connectivity index (χ0v) is 15.0. The smallest absolute Gasteiger partial charge is 0.0603 e. The summed E-state index contributed by atoms with van der Waals surface area (Å²) in [6.45, 7) is 6.77. The lowest BCUT2D eigenvalue weighted by Crippen LogP contribution is -2.54. The third-order valence-electron chi connectivity index (χ3n) is 4.50. The Morgan fingerprint density at radius 1 is 1.19 bits per heavy atom. The molecule has 2 aliphatic rings. The van der Waals surface area contributed by atoms with Crippen LogP contribution in [0.5, 0.6) is 0 Å². The van der Waals surface area contributed by atoms with E-state index in [1.165, 1.54) is 5.56 Å². The number of hydrogen-bond donors (Lipinski definition) is 2. The molecule has 3 rings (SSSR count). The van der Waals surface area contributed by atoms with E-state index < -0.39 is 0 Å². The van der Waals surface area contributed by atoms with Gasteiger partial charge < -0.3 is 15.8 Å². The fraction of sp³-hybridized carbons (Fsp3) is 0.533. The van der Waals surface area contributed by atoms with E-state index in [4.69, 9.17) is 10.5 Å². The highest BCUT2D eigenvalue weighted by molar-refractivity contribution is 9.11. The molecule has 4 nitrogen and oxygen atoms in total. The van der Waals surface area contributed by atoms with Gasteiger partial charge >= 0.3 is 0 Å².